The van der Waals surface area contributed by atoms with Gasteiger partial charge < -0.3 is 9.88 Å². The lowest BCUT2D eigenvalue weighted by Gasteiger charge is -2.50. The Morgan fingerprint density at radius 2 is 2.08 bits per heavy atom. The van der Waals surface area contributed by atoms with Crippen molar-refractivity contribution in [3.63, 3.8) is 0 Å². The van der Waals surface area contributed by atoms with Crippen molar-refractivity contribution in [2.75, 3.05) is 31.1 Å². The molecule has 0 bridgehead atoms. The number of thiophene rings is 1. The Morgan fingerprint density at radius 3 is 2.92 bits per heavy atom. The number of imidazole rings is 1. The first-order valence-electron chi connectivity index (χ1n) is 9.03. The molecule has 2 aliphatic heterocycles. The third kappa shape index (κ3) is 2.22. The number of nitrogens with zero attached hydrogens (tertiary/aromatic N) is 5. The minimum atomic E-state index is 0.0838. The van der Waals surface area contributed by atoms with Crippen LogP contribution in [0, 0.1) is 0 Å². The zero-order valence-corrected chi connectivity index (χ0v) is 15.2. The van der Waals surface area contributed by atoms with Crippen molar-refractivity contribution in [2.24, 2.45) is 0 Å². The van der Waals surface area contributed by atoms with E-state index in [4.69, 9.17) is 4.98 Å². The van der Waals surface area contributed by atoms with Crippen molar-refractivity contribution in [1.29, 1.82) is 0 Å². The zero-order valence-electron chi connectivity index (χ0n) is 14.4. The highest BCUT2D eigenvalue weighted by Crippen LogP contribution is 2.43. The summed E-state index contributed by atoms with van der Waals surface area (Å²) in [5.41, 5.74) is 3.75. The van der Waals surface area contributed by atoms with Crippen LogP contribution in [0.3, 0.4) is 0 Å². The maximum absolute atomic E-state index is 4.73. The number of hydrogen-bond acceptors (Lipinski definition) is 6. The normalized spacial score (nSPS) is 20.3. The average Bonchev–Trinajstić information content (AvgIpc) is 3.32. The van der Waals surface area contributed by atoms with Gasteiger partial charge in [-0.2, -0.15) is 0 Å². The predicted octanol–water partition coefficient (Wildman–Crippen LogP) is 2.79. The molecule has 1 fully saturated rings. The Labute approximate surface area is 150 Å². The lowest BCUT2D eigenvalue weighted by Crippen LogP contribution is -2.56. The summed E-state index contributed by atoms with van der Waals surface area (Å²) < 4.78 is 1.20. The van der Waals surface area contributed by atoms with Crippen LogP contribution in [-0.2, 0) is 12.0 Å². The highest BCUT2D eigenvalue weighted by molar-refractivity contribution is 7.17. The second-order valence-electron chi connectivity index (χ2n) is 6.91. The van der Waals surface area contributed by atoms with Gasteiger partial charge in [-0.1, -0.05) is 6.92 Å². The molecule has 0 unspecified atom stereocenters. The molecule has 0 atom stereocenters. The van der Waals surface area contributed by atoms with Gasteiger partial charge in [0.15, 0.2) is 0 Å². The van der Waals surface area contributed by atoms with Crippen molar-refractivity contribution in [3.05, 3.63) is 35.5 Å². The lowest BCUT2D eigenvalue weighted by molar-refractivity contribution is 0.0497. The highest BCUT2D eigenvalue weighted by Gasteiger charge is 2.46. The van der Waals surface area contributed by atoms with Crippen LogP contribution in [0.2, 0.25) is 0 Å². The summed E-state index contributed by atoms with van der Waals surface area (Å²) in [6.45, 7) is 6.48. The second-order valence-corrected chi connectivity index (χ2v) is 7.83. The van der Waals surface area contributed by atoms with Gasteiger partial charge in [-0.15, -0.1) is 11.3 Å². The first kappa shape index (κ1) is 15.3. The molecule has 0 amide bonds. The van der Waals surface area contributed by atoms with Crippen LogP contribution in [0.25, 0.3) is 10.2 Å². The van der Waals surface area contributed by atoms with E-state index in [0.29, 0.717) is 0 Å². The molecule has 1 spiro atoms. The molecule has 5 rings (SSSR count). The molecule has 0 aliphatic carbocycles. The van der Waals surface area contributed by atoms with E-state index in [1.165, 1.54) is 16.1 Å². The summed E-state index contributed by atoms with van der Waals surface area (Å²) in [6.07, 6.45) is 6.83. The van der Waals surface area contributed by atoms with Crippen molar-refractivity contribution >= 4 is 27.4 Å². The molecule has 3 aromatic rings. The van der Waals surface area contributed by atoms with Crippen LogP contribution in [0.5, 0.6) is 0 Å². The van der Waals surface area contributed by atoms with Crippen LogP contribution < -0.4 is 4.90 Å². The third-order valence-electron chi connectivity index (χ3n) is 5.89. The summed E-state index contributed by atoms with van der Waals surface area (Å²) in [7, 11) is 0. The number of H-pyrrole nitrogens is 1. The Balaban J connectivity index is 1.47. The molecular formula is C18H22N6S. The molecule has 5 heterocycles. The second kappa shape index (κ2) is 5.78. The standard InChI is InChI=1S/C18H22N6S/c1-2-24-7-3-14-16(21-11-20-14)18(24)5-8-23(9-6-18)17-15-13(4-10-25-15)19-12-22-17/h4,10-12H,2-3,5-9H2,1H3,(H,20,21). The molecule has 130 valence electrons. The maximum Gasteiger partial charge on any atom is 0.150 e. The van der Waals surface area contributed by atoms with E-state index in [1.54, 1.807) is 17.7 Å². The summed E-state index contributed by atoms with van der Waals surface area (Å²) in [5, 5.41) is 2.10. The number of hydrogen-bond donors (Lipinski definition) is 1. The smallest absolute Gasteiger partial charge is 0.150 e. The average molecular weight is 354 g/mol. The zero-order chi connectivity index (χ0) is 16.9. The van der Waals surface area contributed by atoms with Gasteiger partial charge in [0.1, 0.15) is 12.1 Å². The lowest BCUT2D eigenvalue weighted by atomic mass is 9.78. The van der Waals surface area contributed by atoms with Crippen LogP contribution in [0.15, 0.2) is 24.1 Å². The van der Waals surface area contributed by atoms with Crippen molar-refractivity contribution < 1.29 is 0 Å². The van der Waals surface area contributed by atoms with Crippen molar-refractivity contribution in [3.8, 4) is 0 Å². The maximum atomic E-state index is 4.73. The Hall–Kier alpha value is -1.99. The van der Waals surface area contributed by atoms with Crippen LogP contribution >= 0.6 is 11.3 Å². The van der Waals surface area contributed by atoms with Crippen LogP contribution in [-0.4, -0.2) is 51.0 Å². The number of aromatic amines is 1. The molecule has 0 saturated carbocycles. The monoisotopic (exact) mass is 354 g/mol. The summed E-state index contributed by atoms with van der Waals surface area (Å²) in [6, 6.07) is 2.08. The van der Waals surface area contributed by atoms with Crippen LogP contribution in [0.1, 0.15) is 31.2 Å². The molecule has 0 aromatic carbocycles. The van der Waals surface area contributed by atoms with Gasteiger partial charge in [0.25, 0.3) is 0 Å². The van der Waals surface area contributed by atoms with Gasteiger partial charge >= 0.3 is 0 Å². The van der Waals surface area contributed by atoms with E-state index >= 15 is 0 Å². The minimum absolute atomic E-state index is 0.0838. The summed E-state index contributed by atoms with van der Waals surface area (Å²) in [4.78, 5) is 22.1. The molecule has 3 aromatic heterocycles. The van der Waals surface area contributed by atoms with Gasteiger partial charge in [0, 0.05) is 31.7 Å². The van der Waals surface area contributed by atoms with E-state index < -0.39 is 0 Å². The SMILES string of the molecule is CCN1CCc2[nH]cnc2C12CCN(c1ncnc3ccsc13)CC2. The summed E-state index contributed by atoms with van der Waals surface area (Å²) in [5.74, 6) is 1.09. The van der Waals surface area contributed by atoms with Crippen molar-refractivity contribution in [2.45, 2.75) is 31.7 Å². The fourth-order valence-corrected chi connectivity index (χ4v) is 5.49. The molecule has 7 heteroatoms. The van der Waals surface area contributed by atoms with Gasteiger partial charge in [0.2, 0.25) is 0 Å². The molecule has 1 N–H and O–H groups in total. The number of aromatic nitrogens is 4. The molecule has 1 saturated heterocycles. The Morgan fingerprint density at radius 1 is 1.20 bits per heavy atom. The minimum Gasteiger partial charge on any atom is -0.355 e. The van der Waals surface area contributed by atoms with E-state index in [0.717, 1.165) is 56.8 Å². The number of fused-ring (bicyclic) bond motifs is 3. The van der Waals surface area contributed by atoms with E-state index in [-0.39, 0.29) is 5.54 Å². The molecule has 25 heavy (non-hydrogen) atoms. The van der Waals surface area contributed by atoms with Crippen LogP contribution in [0.4, 0.5) is 5.82 Å². The molecule has 2 aliphatic rings. The first-order chi connectivity index (χ1) is 12.3. The number of nitrogens with one attached hydrogen (secondary N) is 1. The van der Waals surface area contributed by atoms with E-state index in [1.807, 2.05) is 6.33 Å². The Kier molecular flexibility index (Phi) is 3.53. The first-order valence-corrected chi connectivity index (χ1v) is 9.91. The predicted molar refractivity (Wildman–Crippen MR) is 100 cm³/mol. The van der Waals surface area contributed by atoms with Gasteiger partial charge in [-0.05, 0) is 30.8 Å². The van der Waals surface area contributed by atoms with Crippen molar-refractivity contribution in [1.82, 2.24) is 24.8 Å². The number of anilines is 1. The number of piperidine rings is 1. The fraction of sp³-hybridized carbons (Fsp3) is 0.500. The fourth-order valence-electron chi connectivity index (χ4n) is 4.63. The molecule has 6 nitrogen and oxygen atoms in total. The topological polar surface area (TPSA) is 60.9 Å². The third-order valence-corrected chi connectivity index (χ3v) is 6.79. The number of likely N-dealkylation sites (N-methyl/N-ethyl adjacent to an activating group) is 1. The van der Waals surface area contributed by atoms with Gasteiger partial charge in [-0.3, -0.25) is 4.90 Å². The molecular weight excluding hydrogens is 332 g/mol. The van der Waals surface area contributed by atoms with E-state index in [2.05, 4.69) is 43.1 Å². The summed E-state index contributed by atoms with van der Waals surface area (Å²) >= 11 is 1.74. The van der Waals surface area contributed by atoms with Gasteiger partial charge in [-0.25, -0.2) is 15.0 Å². The Bertz CT molecular complexity index is 892. The highest BCUT2D eigenvalue weighted by atomic mass is 32.1. The number of rotatable bonds is 2. The molecule has 0 radical (unpaired) electrons. The van der Waals surface area contributed by atoms with E-state index in [9.17, 15) is 0 Å². The quantitative estimate of drug-likeness (QED) is 0.767. The largest absolute Gasteiger partial charge is 0.355 e. The van der Waals surface area contributed by atoms with Gasteiger partial charge in [0.05, 0.1) is 27.8 Å².